The van der Waals surface area contributed by atoms with Gasteiger partial charge in [-0.25, -0.2) is 0 Å². The average Bonchev–Trinajstić information content (AvgIpc) is 2.73. The highest BCUT2D eigenvalue weighted by atomic mass is 16.3. The van der Waals surface area contributed by atoms with E-state index in [0.717, 1.165) is 25.7 Å². The molecule has 3 saturated carbocycles. The predicted octanol–water partition coefficient (Wildman–Crippen LogP) is 1.61. The van der Waals surface area contributed by atoms with E-state index in [1.807, 2.05) is 6.08 Å². The van der Waals surface area contributed by atoms with E-state index in [-0.39, 0.29) is 28.8 Å². The normalized spacial score (nSPS) is 58.9. The Kier molecular flexibility index (Phi) is 3.52. The van der Waals surface area contributed by atoms with Crippen LogP contribution in [-0.2, 0) is 0 Å². The molecule has 0 amide bonds. The summed E-state index contributed by atoms with van der Waals surface area (Å²) < 4.78 is 0. The maximum atomic E-state index is 10.9. The van der Waals surface area contributed by atoms with Crippen molar-refractivity contribution in [2.75, 3.05) is 0 Å². The molecule has 0 spiro atoms. The van der Waals surface area contributed by atoms with Crippen LogP contribution in [0.25, 0.3) is 0 Å². The molecular weight excluding hydrogens is 292 g/mol. The van der Waals surface area contributed by atoms with Crippen LogP contribution in [0, 0.1) is 28.6 Å². The third kappa shape index (κ3) is 2.05. The molecular formula is C19H30O4. The lowest BCUT2D eigenvalue weighted by atomic mass is 9.47. The van der Waals surface area contributed by atoms with Crippen LogP contribution in [-0.4, -0.2) is 44.8 Å². The molecule has 4 N–H and O–H groups in total. The minimum atomic E-state index is -0.674. The molecule has 9 atom stereocenters. The highest BCUT2D eigenvalue weighted by molar-refractivity contribution is 5.28. The molecule has 0 heterocycles. The van der Waals surface area contributed by atoms with E-state index >= 15 is 0 Å². The van der Waals surface area contributed by atoms with Gasteiger partial charge in [-0.2, -0.15) is 0 Å². The third-order valence-electron chi connectivity index (χ3n) is 8.08. The van der Waals surface area contributed by atoms with Crippen LogP contribution in [0.15, 0.2) is 11.6 Å². The fraction of sp³-hybridized carbons (Fsp3) is 0.895. The van der Waals surface area contributed by atoms with Gasteiger partial charge in [-0.3, -0.25) is 0 Å². The fourth-order valence-electron chi connectivity index (χ4n) is 6.62. The lowest BCUT2D eigenvalue weighted by Crippen LogP contribution is -2.55. The van der Waals surface area contributed by atoms with E-state index in [4.69, 9.17) is 0 Å². The molecule has 23 heavy (non-hydrogen) atoms. The summed E-state index contributed by atoms with van der Waals surface area (Å²) in [4.78, 5) is 0. The monoisotopic (exact) mass is 322 g/mol. The van der Waals surface area contributed by atoms with Crippen LogP contribution in [0.3, 0.4) is 0 Å². The van der Waals surface area contributed by atoms with Crippen molar-refractivity contribution < 1.29 is 20.4 Å². The molecule has 4 aliphatic carbocycles. The summed E-state index contributed by atoms with van der Waals surface area (Å²) in [7, 11) is 0. The minimum Gasteiger partial charge on any atom is -0.393 e. The number of hydrogen-bond acceptors (Lipinski definition) is 4. The number of aliphatic hydroxyl groups is 4. The van der Waals surface area contributed by atoms with E-state index in [2.05, 4.69) is 13.8 Å². The third-order valence-corrected chi connectivity index (χ3v) is 8.08. The van der Waals surface area contributed by atoms with E-state index in [1.54, 1.807) is 0 Å². The number of hydrogen-bond donors (Lipinski definition) is 4. The molecule has 0 aromatic heterocycles. The molecule has 4 nitrogen and oxygen atoms in total. The zero-order valence-corrected chi connectivity index (χ0v) is 14.2. The van der Waals surface area contributed by atoms with E-state index in [0.29, 0.717) is 18.8 Å². The van der Waals surface area contributed by atoms with E-state index < -0.39 is 18.3 Å². The minimum absolute atomic E-state index is 0.0585. The standard InChI is InChI=1S/C19H30O4/c1-18-5-3-11(20)7-10(18)8-14(21)16-12(18)4-6-19(2)13(16)9-15(22)17(19)23/h8,11-17,20-23H,3-7,9H2,1-2H3/t11-,12+,13+,14+,15-,16-,17-,18+,19+/m1/s1. The van der Waals surface area contributed by atoms with Gasteiger partial charge in [-0.05, 0) is 67.1 Å². The topological polar surface area (TPSA) is 80.9 Å². The maximum Gasteiger partial charge on any atom is 0.0855 e. The van der Waals surface area contributed by atoms with Crippen molar-refractivity contribution in [1.82, 2.24) is 0 Å². The quantitative estimate of drug-likeness (QED) is 0.511. The molecule has 0 aliphatic heterocycles. The Morgan fingerprint density at radius 1 is 1.00 bits per heavy atom. The number of rotatable bonds is 0. The summed E-state index contributed by atoms with van der Waals surface area (Å²) in [6, 6.07) is 0. The molecule has 0 aromatic rings. The van der Waals surface area contributed by atoms with Crippen molar-refractivity contribution >= 4 is 0 Å². The van der Waals surface area contributed by atoms with Gasteiger partial charge in [0.1, 0.15) is 0 Å². The van der Waals surface area contributed by atoms with Crippen molar-refractivity contribution in [1.29, 1.82) is 0 Å². The zero-order chi connectivity index (χ0) is 16.6. The Morgan fingerprint density at radius 3 is 2.48 bits per heavy atom. The van der Waals surface area contributed by atoms with Gasteiger partial charge in [0.05, 0.1) is 24.4 Å². The predicted molar refractivity (Wildman–Crippen MR) is 86.5 cm³/mol. The van der Waals surface area contributed by atoms with Crippen LogP contribution >= 0.6 is 0 Å². The van der Waals surface area contributed by atoms with Gasteiger partial charge in [-0.15, -0.1) is 0 Å². The van der Waals surface area contributed by atoms with Crippen LogP contribution in [0.5, 0.6) is 0 Å². The summed E-state index contributed by atoms with van der Waals surface area (Å²) >= 11 is 0. The second-order valence-electron chi connectivity index (χ2n) is 9.08. The molecule has 4 aliphatic rings. The molecule has 0 bridgehead atoms. The second-order valence-corrected chi connectivity index (χ2v) is 9.08. The van der Waals surface area contributed by atoms with Crippen molar-refractivity contribution in [3.8, 4) is 0 Å². The van der Waals surface area contributed by atoms with Crippen LogP contribution in [0.1, 0.15) is 52.4 Å². The lowest BCUT2D eigenvalue weighted by molar-refractivity contribution is -0.110. The molecule has 0 unspecified atom stereocenters. The second kappa shape index (κ2) is 5.04. The van der Waals surface area contributed by atoms with Gasteiger partial charge in [0.15, 0.2) is 0 Å². The van der Waals surface area contributed by atoms with Gasteiger partial charge in [-0.1, -0.05) is 25.5 Å². The van der Waals surface area contributed by atoms with Gasteiger partial charge in [0.25, 0.3) is 0 Å². The molecule has 0 saturated heterocycles. The first-order chi connectivity index (χ1) is 10.8. The van der Waals surface area contributed by atoms with Crippen LogP contribution < -0.4 is 0 Å². The fourth-order valence-corrected chi connectivity index (χ4v) is 6.62. The summed E-state index contributed by atoms with van der Waals surface area (Å²) in [5.41, 5.74) is 1.01. The van der Waals surface area contributed by atoms with Crippen molar-refractivity contribution in [2.24, 2.45) is 28.6 Å². The highest BCUT2D eigenvalue weighted by Gasteiger charge is 2.62. The number of aliphatic hydroxyl groups excluding tert-OH is 4. The van der Waals surface area contributed by atoms with Crippen LogP contribution in [0.2, 0.25) is 0 Å². The SMILES string of the molecule is C[C@]12CC[C@H]3[C@@H]([C@@H](O)C=C4C[C@H](O)CC[C@@]43C)[C@@H]1C[C@@H](O)[C@H]2O. The lowest BCUT2D eigenvalue weighted by Gasteiger charge is -2.58. The molecule has 4 rings (SSSR count). The molecule has 130 valence electrons. The maximum absolute atomic E-state index is 10.9. The Morgan fingerprint density at radius 2 is 1.74 bits per heavy atom. The summed E-state index contributed by atoms with van der Waals surface area (Å²) in [5.74, 6) is 0.674. The van der Waals surface area contributed by atoms with Gasteiger partial charge >= 0.3 is 0 Å². The Bertz CT molecular complexity index is 531. The Labute approximate surface area is 138 Å². The largest absolute Gasteiger partial charge is 0.393 e. The first kappa shape index (κ1) is 16.1. The van der Waals surface area contributed by atoms with Crippen LogP contribution in [0.4, 0.5) is 0 Å². The highest BCUT2D eigenvalue weighted by Crippen LogP contribution is 2.64. The Balaban J connectivity index is 1.73. The zero-order valence-electron chi connectivity index (χ0n) is 14.2. The molecule has 0 aromatic carbocycles. The molecule has 3 fully saturated rings. The van der Waals surface area contributed by atoms with Gasteiger partial charge in [0.2, 0.25) is 0 Å². The van der Waals surface area contributed by atoms with Gasteiger partial charge < -0.3 is 20.4 Å². The van der Waals surface area contributed by atoms with Crippen molar-refractivity contribution in [3.05, 3.63) is 11.6 Å². The average molecular weight is 322 g/mol. The van der Waals surface area contributed by atoms with Crippen molar-refractivity contribution in [2.45, 2.75) is 76.8 Å². The van der Waals surface area contributed by atoms with Gasteiger partial charge in [0, 0.05) is 0 Å². The Hall–Kier alpha value is -0.420. The van der Waals surface area contributed by atoms with E-state index in [1.165, 1.54) is 5.57 Å². The smallest absolute Gasteiger partial charge is 0.0855 e. The summed E-state index contributed by atoms with van der Waals surface area (Å²) in [6.07, 6.45) is 4.85. The number of fused-ring (bicyclic) bond motifs is 5. The van der Waals surface area contributed by atoms with Crippen molar-refractivity contribution in [3.63, 3.8) is 0 Å². The summed E-state index contributed by atoms with van der Waals surface area (Å²) in [5, 5.41) is 41.6. The first-order valence-corrected chi connectivity index (χ1v) is 9.21. The van der Waals surface area contributed by atoms with E-state index in [9.17, 15) is 20.4 Å². The molecule has 4 heteroatoms. The molecule has 0 radical (unpaired) electrons. The first-order valence-electron chi connectivity index (χ1n) is 9.21. The summed E-state index contributed by atoms with van der Waals surface area (Å²) in [6.45, 7) is 4.40.